The quantitative estimate of drug-likeness (QED) is 0.598. The van der Waals surface area contributed by atoms with E-state index in [9.17, 15) is 0 Å². The number of aliphatic imine (C=N–C) groups is 1. The maximum Gasteiger partial charge on any atom is 0.191 e. The Morgan fingerprint density at radius 3 is 2.67 bits per heavy atom. The third-order valence-electron chi connectivity index (χ3n) is 4.24. The first-order chi connectivity index (χ1) is 10.2. The predicted octanol–water partition coefficient (Wildman–Crippen LogP) is 2.24. The molecule has 5 heteroatoms. The number of furan rings is 1. The Morgan fingerprint density at radius 2 is 2.19 bits per heavy atom. The molecule has 118 valence electrons. The first-order valence-electron chi connectivity index (χ1n) is 7.94. The van der Waals surface area contributed by atoms with Crippen LogP contribution in [-0.4, -0.2) is 43.6 Å². The van der Waals surface area contributed by atoms with E-state index in [0.29, 0.717) is 6.04 Å². The van der Waals surface area contributed by atoms with Crippen LogP contribution in [-0.2, 0) is 0 Å². The summed E-state index contributed by atoms with van der Waals surface area (Å²) >= 11 is 0. The van der Waals surface area contributed by atoms with Gasteiger partial charge in [-0.15, -0.1) is 0 Å². The number of nitrogens with zero attached hydrogens (tertiary/aromatic N) is 2. The minimum Gasteiger partial charge on any atom is -0.468 e. The van der Waals surface area contributed by atoms with Crippen molar-refractivity contribution in [3.63, 3.8) is 0 Å². The lowest BCUT2D eigenvalue weighted by Crippen LogP contribution is -2.44. The van der Waals surface area contributed by atoms with E-state index in [1.807, 2.05) is 19.2 Å². The summed E-state index contributed by atoms with van der Waals surface area (Å²) in [5, 5.41) is 6.89. The van der Waals surface area contributed by atoms with Crippen molar-refractivity contribution in [3.05, 3.63) is 24.2 Å². The molecule has 5 nitrogen and oxygen atoms in total. The van der Waals surface area contributed by atoms with Crippen molar-refractivity contribution < 1.29 is 4.42 Å². The van der Waals surface area contributed by atoms with E-state index in [4.69, 9.17) is 4.42 Å². The Morgan fingerprint density at radius 1 is 1.48 bits per heavy atom. The van der Waals surface area contributed by atoms with Crippen molar-refractivity contribution >= 4 is 5.96 Å². The standard InChI is InChI=1S/C16H28N4O/c1-5-20(6-2)14(15-8-7-9-21-15)11-18-16(17-4)19-13-10-12(13)3/h7-9,12-14H,5-6,10-11H2,1-4H3,(H2,17,18,19). The smallest absolute Gasteiger partial charge is 0.191 e. The van der Waals surface area contributed by atoms with E-state index in [2.05, 4.69) is 41.3 Å². The van der Waals surface area contributed by atoms with Crippen LogP contribution in [0.15, 0.2) is 27.8 Å². The molecule has 2 N–H and O–H groups in total. The molecule has 1 saturated carbocycles. The average molecular weight is 292 g/mol. The summed E-state index contributed by atoms with van der Waals surface area (Å²) < 4.78 is 5.61. The zero-order valence-corrected chi connectivity index (χ0v) is 13.6. The molecule has 1 aliphatic carbocycles. The second-order valence-corrected chi connectivity index (χ2v) is 5.67. The molecule has 0 radical (unpaired) electrons. The summed E-state index contributed by atoms with van der Waals surface area (Å²) in [7, 11) is 1.82. The van der Waals surface area contributed by atoms with Crippen LogP contribution in [0.25, 0.3) is 0 Å². The molecule has 1 fully saturated rings. The van der Waals surface area contributed by atoms with Gasteiger partial charge in [-0.2, -0.15) is 0 Å². The first-order valence-corrected chi connectivity index (χ1v) is 7.94. The Balaban J connectivity index is 1.94. The maximum atomic E-state index is 5.61. The van der Waals surface area contributed by atoms with Crippen molar-refractivity contribution in [3.8, 4) is 0 Å². The van der Waals surface area contributed by atoms with Crippen molar-refractivity contribution in [1.29, 1.82) is 0 Å². The van der Waals surface area contributed by atoms with Crippen LogP contribution in [0.5, 0.6) is 0 Å². The summed E-state index contributed by atoms with van der Waals surface area (Å²) in [5.74, 6) is 2.64. The summed E-state index contributed by atoms with van der Waals surface area (Å²) in [4.78, 5) is 6.70. The molecule has 1 heterocycles. The second kappa shape index (κ2) is 7.50. The van der Waals surface area contributed by atoms with Crippen molar-refractivity contribution in [2.24, 2.45) is 10.9 Å². The molecule has 0 saturated heterocycles. The Kier molecular flexibility index (Phi) is 5.67. The number of nitrogens with one attached hydrogen (secondary N) is 2. The van der Waals surface area contributed by atoms with Crippen LogP contribution in [0.1, 0.15) is 39.0 Å². The van der Waals surface area contributed by atoms with Crippen LogP contribution in [0.3, 0.4) is 0 Å². The molecule has 0 bridgehead atoms. The van der Waals surface area contributed by atoms with Gasteiger partial charge in [-0.3, -0.25) is 9.89 Å². The largest absolute Gasteiger partial charge is 0.468 e. The van der Waals surface area contributed by atoms with Crippen molar-refractivity contribution in [2.45, 2.75) is 39.3 Å². The predicted molar refractivity (Wildman–Crippen MR) is 86.4 cm³/mol. The second-order valence-electron chi connectivity index (χ2n) is 5.67. The third-order valence-corrected chi connectivity index (χ3v) is 4.24. The zero-order valence-electron chi connectivity index (χ0n) is 13.6. The van der Waals surface area contributed by atoms with Crippen molar-refractivity contribution in [2.75, 3.05) is 26.7 Å². The molecule has 21 heavy (non-hydrogen) atoms. The molecule has 0 spiro atoms. The molecule has 3 unspecified atom stereocenters. The lowest BCUT2D eigenvalue weighted by Gasteiger charge is -2.28. The molecular weight excluding hydrogens is 264 g/mol. The maximum absolute atomic E-state index is 5.61. The van der Waals surface area contributed by atoms with Crippen LogP contribution >= 0.6 is 0 Å². The first kappa shape index (κ1) is 15.9. The summed E-state index contributed by atoms with van der Waals surface area (Å²) in [6, 6.07) is 4.80. The van der Waals surface area contributed by atoms with Gasteiger partial charge >= 0.3 is 0 Å². The molecule has 1 aromatic heterocycles. The van der Waals surface area contributed by atoms with Crippen LogP contribution in [0.4, 0.5) is 0 Å². The van der Waals surface area contributed by atoms with Gasteiger partial charge in [0.15, 0.2) is 5.96 Å². The molecular formula is C16H28N4O. The van der Waals surface area contributed by atoms with Crippen molar-refractivity contribution in [1.82, 2.24) is 15.5 Å². The van der Waals surface area contributed by atoms with E-state index < -0.39 is 0 Å². The number of likely N-dealkylation sites (N-methyl/N-ethyl adjacent to an activating group) is 1. The lowest BCUT2D eigenvalue weighted by atomic mass is 10.2. The molecule has 1 aliphatic rings. The minimum absolute atomic E-state index is 0.227. The van der Waals surface area contributed by atoms with E-state index in [1.54, 1.807) is 6.26 Å². The Hall–Kier alpha value is -1.49. The summed E-state index contributed by atoms with van der Waals surface area (Å²) in [6.07, 6.45) is 2.98. The molecule has 0 amide bonds. The number of guanidine groups is 1. The number of hydrogen-bond acceptors (Lipinski definition) is 3. The number of hydrogen-bond donors (Lipinski definition) is 2. The van der Waals surface area contributed by atoms with E-state index in [1.165, 1.54) is 6.42 Å². The highest BCUT2D eigenvalue weighted by Gasteiger charge is 2.33. The Bertz CT molecular complexity index is 439. The fourth-order valence-electron chi connectivity index (χ4n) is 2.64. The van der Waals surface area contributed by atoms with E-state index in [-0.39, 0.29) is 6.04 Å². The molecule has 2 rings (SSSR count). The average Bonchev–Trinajstić information content (AvgIpc) is 2.96. The lowest BCUT2D eigenvalue weighted by molar-refractivity contribution is 0.193. The van der Waals surface area contributed by atoms with Gasteiger partial charge < -0.3 is 15.1 Å². The van der Waals surface area contributed by atoms with Gasteiger partial charge in [0, 0.05) is 19.6 Å². The summed E-state index contributed by atoms with van der Waals surface area (Å²) in [6.45, 7) is 9.39. The van der Waals surface area contributed by atoms with Gasteiger partial charge in [-0.25, -0.2) is 0 Å². The monoisotopic (exact) mass is 292 g/mol. The Labute approximate surface area is 127 Å². The van der Waals surface area contributed by atoms with Crippen LogP contribution in [0, 0.1) is 5.92 Å². The van der Waals surface area contributed by atoms with E-state index >= 15 is 0 Å². The topological polar surface area (TPSA) is 52.8 Å². The fourth-order valence-corrected chi connectivity index (χ4v) is 2.64. The van der Waals surface area contributed by atoms with Gasteiger partial charge in [0.1, 0.15) is 5.76 Å². The highest BCUT2D eigenvalue weighted by molar-refractivity contribution is 5.80. The van der Waals surface area contributed by atoms with Gasteiger partial charge in [0.05, 0.1) is 12.3 Å². The van der Waals surface area contributed by atoms with Crippen LogP contribution in [0.2, 0.25) is 0 Å². The molecule has 0 aromatic carbocycles. The fraction of sp³-hybridized carbons (Fsp3) is 0.688. The summed E-state index contributed by atoms with van der Waals surface area (Å²) in [5.41, 5.74) is 0. The van der Waals surface area contributed by atoms with Crippen LogP contribution < -0.4 is 10.6 Å². The van der Waals surface area contributed by atoms with Gasteiger partial charge in [-0.05, 0) is 37.6 Å². The number of rotatable bonds is 7. The normalized spacial score (nSPS) is 23.2. The molecule has 3 atom stereocenters. The molecule has 0 aliphatic heterocycles. The van der Waals surface area contributed by atoms with E-state index in [0.717, 1.165) is 37.3 Å². The molecule has 1 aromatic rings. The van der Waals surface area contributed by atoms with Gasteiger partial charge in [-0.1, -0.05) is 20.8 Å². The highest BCUT2D eigenvalue weighted by atomic mass is 16.3. The SMILES string of the molecule is CCN(CC)C(CNC(=NC)NC1CC1C)c1ccco1. The highest BCUT2D eigenvalue weighted by Crippen LogP contribution is 2.28. The van der Waals surface area contributed by atoms with Gasteiger partial charge in [0.2, 0.25) is 0 Å². The third kappa shape index (κ3) is 4.24. The van der Waals surface area contributed by atoms with Gasteiger partial charge in [0.25, 0.3) is 0 Å². The minimum atomic E-state index is 0.227. The zero-order chi connectivity index (χ0) is 15.2.